The number of carbonyl (C=O) groups is 1. The van der Waals surface area contributed by atoms with Crippen LogP contribution in [0.3, 0.4) is 0 Å². The molecule has 17 heavy (non-hydrogen) atoms. The summed E-state index contributed by atoms with van der Waals surface area (Å²) in [7, 11) is 0. The van der Waals surface area contributed by atoms with Crippen LogP contribution in [0, 0.1) is 11.3 Å². The Balaban J connectivity index is 1.81. The molecule has 0 heterocycles. The van der Waals surface area contributed by atoms with E-state index in [0.717, 1.165) is 12.0 Å². The Morgan fingerprint density at radius 2 is 2.06 bits per heavy atom. The van der Waals surface area contributed by atoms with E-state index in [1.807, 2.05) is 30.3 Å². The van der Waals surface area contributed by atoms with Crippen molar-refractivity contribution in [1.82, 2.24) is 5.32 Å². The summed E-state index contributed by atoms with van der Waals surface area (Å²) < 4.78 is 0. The fourth-order valence-electron chi connectivity index (χ4n) is 2.03. The molecule has 0 radical (unpaired) electrons. The Hall–Kier alpha value is -1.35. The lowest BCUT2D eigenvalue weighted by molar-refractivity contribution is -0.123. The van der Waals surface area contributed by atoms with E-state index >= 15 is 0 Å². The van der Waals surface area contributed by atoms with Crippen molar-refractivity contribution < 1.29 is 9.90 Å². The summed E-state index contributed by atoms with van der Waals surface area (Å²) in [6.07, 6.45) is 0.322. The highest BCUT2D eigenvalue weighted by Crippen LogP contribution is 2.51. The molecule has 2 N–H and O–H groups in total. The molecule has 2 unspecified atom stereocenters. The minimum absolute atomic E-state index is 0.0602. The second kappa shape index (κ2) is 4.49. The van der Waals surface area contributed by atoms with Gasteiger partial charge in [0, 0.05) is 12.5 Å². The summed E-state index contributed by atoms with van der Waals surface area (Å²) in [5.41, 5.74) is 0.977. The third-order valence-corrected chi connectivity index (χ3v) is 3.48. The molecule has 1 aromatic carbocycles. The summed E-state index contributed by atoms with van der Waals surface area (Å²) in [5.74, 6) is 0.176. The van der Waals surface area contributed by atoms with Crippen LogP contribution in [0.1, 0.15) is 31.9 Å². The first-order valence-corrected chi connectivity index (χ1v) is 6.01. The third kappa shape index (κ3) is 2.86. The normalized spacial score (nSPS) is 22.9. The van der Waals surface area contributed by atoms with E-state index in [4.69, 9.17) is 0 Å². The number of rotatable bonds is 4. The zero-order chi connectivity index (χ0) is 12.5. The van der Waals surface area contributed by atoms with Crippen LogP contribution in [-0.2, 0) is 4.79 Å². The molecule has 2 atom stereocenters. The maximum Gasteiger partial charge on any atom is 0.223 e. The van der Waals surface area contributed by atoms with E-state index in [0.29, 0.717) is 0 Å². The topological polar surface area (TPSA) is 49.3 Å². The fourth-order valence-corrected chi connectivity index (χ4v) is 2.03. The molecular formula is C14H19NO2. The Bertz CT molecular complexity index is 400. The summed E-state index contributed by atoms with van der Waals surface area (Å²) in [6.45, 7) is 4.46. The molecule has 0 bridgehead atoms. The molecule has 1 aliphatic carbocycles. The number of hydrogen-bond donors (Lipinski definition) is 2. The van der Waals surface area contributed by atoms with Crippen LogP contribution in [0.5, 0.6) is 0 Å². The van der Waals surface area contributed by atoms with Gasteiger partial charge in [-0.25, -0.2) is 0 Å². The standard InChI is InChI=1S/C14H19NO2/c1-14(2)8-11(14)13(17)15-9-12(16)10-6-4-3-5-7-10/h3-7,11-12,16H,8-9H2,1-2H3,(H,15,17). The zero-order valence-electron chi connectivity index (χ0n) is 10.3. The molecule has 2 rings (SSSR count). The third-order valence-electron chi connectivity index (χ3n) is 3.48. The van der Waals surface area contributed by atoms with Crippen LogP contribution in [0.25, 0.3) is 0 Å². The quantitative estimate of drug-likeness (QED) is 0.834. The van der Waals surface area contributed by atoms with Crippen molar-refractivity contribution in [3.8, 4) is 0 Å². The molecule has 0 aromatic heterocycles. The molecule has 92 valence electrons. The lowest BCUT2D eigenvalue weighted by Crippen LogP contribution is -2.30. The highest BCUT2D eigenvalue weighted by molar-refractivity contribution is 5.82. The van der Waals surface area contributed by atoms with Gasteiger partial charge in [-0.2, -0.15) is 0 Å². The Labute approximate surface area is 102 Å². The number of aliphatic hydroxyl groups is 1. The molecule has 1 saturated carbocycles. The number of benzene rings is 1. The van der Waals surface area contributed by atoms with E-state index in [1.54, 1.807) is 0 Å². The summed E-state index contributed by atoms with van der Waals surface area (Å²) in [6, 6.07) is 9.38. The maximum atomic E-state index is 11.7. The average molecular weight is 233 g/mol. The van der Waals surface area contributed by atoms with Crippen LogP contribution in [0.15, 0.2) is 30.3 Å². The van der Waals surface area contributed by atoms with Crippen molar-refractivity contribution in [1.29, 1.82) is 0 Å². The van der Waals surface area contributed by atoms with Gasteiger partial charge in [0.25, 0.3) is 0 Å². The lowest BCUT2D eigenvalue weighted by atomic mass is 10.1. The number of amides is 1. The molecule has 1 aliphatic rings. The largest absolute Gasteiger partial charge is 0.387 e. The van der Waals surface area contributed by atoms with Gasteiger partial charge in [0.05, 0.1) is 6.10 Å². The maximum absolute atomic E-state index is 11.7. The predicted octanol–water partition coefficient (Wildman–Crippen LogP) is 1.88. The number of carbonyl (C=O) groups excluding carboxylic acids is 1. The van der Waals surface area contributed by atoms with Gasteiger partial charge in [-0.05, 0) is 17.4 Å². The van der Waals surface area contributed by atoms with E-state index < -0.39 is 6.10 Å². The number of aliphatic hydroxyl groups excluding tert-OH is 1. The zero-order valence-corrected chi connectivity index (χ0v) is 10.3. The number of nitrogens with one attached hydrogen (secondary N) is 1. The van der Waals surface area contributed by atoms with Gasteiger partial charge in [0.15, 0.2) is 0 Å². The van der Waals surface area contributed by atoms with Crippen molar-refractivity contribution in [3.63, 3.8) is 0 Å². The lowest BCUT2D eigenvalue weighted by Gasteiger charge is -2.12. The highest BCUT2D eigenvalue weighted by atomic mass is 16.3. The fraction of sp³-hybridized carbons (Fsp3) is 0.500. The molecule has 1 aromatic rings. The van der Waals surface area contributed by atoms with Crippen molar-refractivity contribution >= 4 is 5.91 Å². The molecule has 0 aliphatic heterocycles. The Morgan fingerprint density at radius 3 is 2.59 bits per heavy atom. The number of hydrogen-bond acceptors (Lipinski definition) is 2. The minimum Gasteiger partial charge on any atom is -0.387 e. The van der Waals surface area contributed by atoms with Crippen LogP contribution >= 0.6 is 0 Å². The van der Waals surface area contributed by atoms with Crippen molar-refractivity contribution in [3.05, 3.63) is 35.9 Å². The average Bonchev–Trinajstić information content (AvgIpc) is 2.96. The second-order valence-electron chi connectivity index (χ2n) is 5.42. The Morgan fingerprint density at radius 1 is 1.47 bits per heavy atom. The van der Waals surface area contributed by atoms with Crippen LogP contribution in [0.2, 0.25) is 0 Å². The summed E-state index contributed by atoms with van der Waals surface area (Å²) >= 11 is 0. The SMILES string of the molecule is CC1(C)CC1C(=O)NCC(O)c1ccccc1. The van der Waals surface area contributed by atoms with Gasteiger partial charge in [0.1, 0.15) is 0 Å². The first-order chi connectivity index (χ1) is 8.00. The molecule has 1 fully saturated rings. The van der Waals surface area contributed by atoms with Crippen LogP contribution < -0.4 is 5.32 Å². The Kier molecular flexibility index (Phi) is 3.20. The molecule has 1 amide bonds. The predicted molar refractivity (Wildman–Crippen MR) is 66.3 cm³/mol. The van der Waals surface area contributed by atoms with Gasteiger partial charge < -0.3 is 10.4 Å². The van der Waals surface area contributed by atoms with Gasteiger partial charge >= 0.3 is 0 Å². The van der Waals surface area contributed by atoms with Crippen molar-refractivity contribution in [2.24, 2.45) is 11.3 Å². The van der Waals surface area contributed by atoms with E-state index in [2.05, 4.69) is 19.2 Å². The minimum atomic E-state index is -0.623. The van der Waals surface area contributed by atoms with Crippen LogP contribution in [0.4, 0.5) is 0 Å². The molecule has 0 spiro atoms. The summed E-state index contributed by atoms with van der Waals surface area (Å²) in [4.78, 5) is 11.7. The smallest absolute Gasteiger partial charge is 0.223 e. The van der Waals surface area contributed by atoms with E-state index in [1.165, 1.54) is 0 Å². The van der Waals surface area contributed by atoms with Crippen molar-refractivity contribution in [2.45, 2.75) is 26.4 Å². The van der Waals surface area contributed by atoms with Gasteiger partial charge in [-0.3, -0.25) is 4.79 Å². The van der Waals surface area contributed by atoms with E-state index in [-0.39, 0.29) is 23.8 Å². The van der Waals surface area contributed by atoms with Gasteiger partial charge in [0.2, 0.25) is 5.91 Å². The van der Waals surface area contributed by atoms with E-state index in [9.17, 15) is 9.90 Å². The highest BCUT2D eigenvalue weighted by Gasteiger charge is 2.50. The van der Waals surface area contributed by atoms with Gasteiger partial charge in [-0.15, -0.1) is 0 Å². The molecule has 3 nitrogen and oxygen atoms in total. The second-order valence-corrected chi connectivity index (χ2v) is 5.42. The molecular weight excluding hydrogens is 214 g/mol. The first-order valence-electron chi connectivity index (χ1n) is 6.01. The van der Waals surface area contributed by atoms with Gasteiger partial charge in [-0.1, -0.05) is 44.2 Å². The van der Waals surface area contributed by atoms with Crippen molar-refractivity contribution in [2.75, 3.05) is 6.54 Å². The summed E-state index contributed by atoms with van der Waals surface area (Å²) in [5, 5.41) is 12.7. The molecule has 0 saturated heterocycles. The van der Waals surface area contributed by atoms with Crippen LogP contribution in [-0.4, -0.2) is 17.6 Å². The molecule has 3 heteroatoms. The monoisotopic (exact) mass is 233 g/mol. The first kappa shape index (κ1) is 12.1.